The molecule has 0 unspecified atom stereocenters. The first-order valence-corrected chi connectivity index (χ1v) is 7.02. The van der Waals surface area contributed by atoms with E-state index >= 15 is 0 Å². The zero-order valence-corrected chi connectivity index (χ0v) is 11.8. The van der Waals surface area contributed by atoms with E-state index in [2.05, 4.69) is 4.72 Å². The van der Waals surface area contributed by atoms with Gasteiger partial charge in [0.1, 0.15) is 0 Å². The number of carboxylic acid groups (broad SMARTS) is 1. The van der Waals surface area contributed by atoms with Gasteiger partial charge >= 0.3 is 5.97 Å². The molecule has 0 radical (unpaired) electrons. The van der Waals surface area contributed by atoms with Crippen LogP contribution in [0.5, 0.6) is 0 Å². The number of methoxy groups -OCH3 is 1. The van der Waals surface area contributed by atoms with Crippen LogP contribution in [0.4, 0.5) is 0 Å². The van der Waals surface area contributed by atoms with Crippen LogP contribution in [0, 0.1) is 0 Å². The molecule has 0 atom stereocenters. The highest BCUT2D eigenvalue weighted by atomic mass is 32.2. The van der Waals surface area contributed by atoms with Gasteiger partial charge in [-0.1, -0.05) is 0 Å². The van der Waals surface area contributed by atoms with Gasteiger partial charge < -0.3 is 9.84 Å². The van der Waals surface area contributed by atoms with E-state index < -0.39 is 21.5 Å². The molecule has 1 aromatic carbocycles. The molecule has 0 bridgehead atoms. The highest BCUT2D eigenvalue weighted by molar-refractivity contribution is 7.89. The number of aromatic carboxylic acids is 1. The van der Waals surface area contributed by atoms with E-state index in [4.69, 9.17) is 9.84 Å². The lowest BCUT2D eigenvalue weighted by Crippen LogP contribution is -2.46. The second-order valence-electron chi connectivity index (χ2n) is 4.75. The first kappa shape index (κ1) is 15.6. The van der Waals surface area contributed by atoms with Crippen molar-refractivity contribution in [3.63, 3.8) is 0 Å². The zero-order valence-electron chi connectivity index (χ0n) is 11.0. The molecule has 6 nitrogen and oxygen atoms in total. The Kier molecular flexibility index (Phi) is 4.67. The van der Waals surface area contributed by atoms with Gasteiger partial charge in [0.2, 0.25) is 10.0 Å². The standard InChI is InChI=1S/C12H17NO5S/c1-12(2,8-18-3)13-19(16,17)10-6-4-9(5-7-10)11(14)15/h4-7,13H,8H2,1-3H3,(H,14,15). The first-order chi connectivity index (χ1) is 8.68. The zero-order chi connectivity index (χ0) is 14.7. The Bertz CT molecular complexity index is 548. The molecule has 0 aliphatic heterocycles. The van der Waals surface area contributed by atoms with Crippen molar-refractivity contribution in [2.45, 2.75) is 24.3 Å². The van der Waals surface area contributed by atoms with Gasteiger partial charge in [0.15, 0.2) is 0 Å². The number of sulfonamides is 1. The quantitative estimate of drug-likeness (QED) is 0.817. The lowest BCUT2D eigenvalue weighted by atomic mass is 10.1. The van der Waals surface area contributed by atoms with Gasteiger partial charge in [-0.05, 0) is 38.1 Å². The lowest BCUT2D eigenvalue weighted by molar-refractivity contribution is 0.0696. The first-order valence-electron chi connectivity index (χ1n) is 5.54. The van der Waals surface area contributed by atoms with Crippen molar-refractivity contribution >= 4 is 16.0 Å². The number of hydrogen-bond acceptors (Lipinski definition) is 4. The van der Waals surface area contributed by atoms with Crippen LogP contribution < -0.4 is 4.72 Å². The van der Waals surface area contributed by atoms with Crippen LogP contribution >= 0.6 is 0 Å². The topological polar surface area (TPSA) is 92.7 Å². The summed E-state index contributed by atoms with van der Waals surface area (Å²) in [5.41, 5.74) is -0.714. The maximum absolute atomic E-state index is 12.1. The van der Waals surface area contributed by atoms with E-state index in [1.54, 1.807) is 13.8 Å². The average molecular weight is 287 g/mol. The molecule has 1 rings (SSSR count). The van der Waals surface area contributed by atoms with Crippen molar-refractivity contribution in [2.24, 2.45) is 0 Å². The normalized spacial score (nSPS) is 12.4. The molecular formula is C12H17NO5S. The number of nitrogens with one attached hydrogen (secondary N) is 1. The maximum Gasteiger partial charge on any atom is 0.335 e. The molecule has 0 amide bonds. The number of benzene rings is 1. The number of hydrogen-bond donors (Lipinski definition) is 2. The van der Waals surface area contributed by atoms with Gasteiger partial charge in [0.25, 0.3) is 0 Å². The molecule has 0 saturated heterocycles. The van der Waals surface area contributed by atoms with Crippen LogP contribution in [0.25, 0.3) is 0 Å². The SMILES string of the molecule is COCC(C)(C)NS(=O)(=O)c1ccc(C(=O)O)cc1. The van der Waals surface area contributed by atoms with Crippen molar-refractivity contribution in [1.29, 1.82) is 0 Å². The fourth-order valence-corrected chi connectivity index (χ4v) is 2.99. The van der Waals surface area contributed by atoms with E-state index in [1.807, 2.05) is 0 Å². The molecule has 1 aromatic rings. The van der Waals surface area contributed by atoms with E-state index in [0.29, 0.717) is 0 Å². The van der Waals surface area contributed by atoms with Crippen LogP contribution in [-0.2, 0) is 14.8 Å². The fraction of sp³-hybridized carbons (Fsp3) is 0.417. The number of carboxylic acids is 1. The summed E-state index contributed by atoms with van der Waals surface area (Å²) in [6, 6.07) is 5.02. The fourth-order valence-electron chi connectivity index (χ4n) is 1.59. The van der Waals surface area contributed by atoms with Crippen molar-refractivity contribution in [1.82, 2.24) is 4.72 Å². The summed E-state index contributed by atoms with van der Waals surface area (Å²) in [6.07, 6.45) is 0. The summed E-state index contributed by atoms with van der Waals surface area (Å²) in [5, 5.41) is 8.75. The molecule has 0 saturated carbocycles. The van der Waals surface area contributed by atoms with E-state index in [-0.39, 0.29) is 17.1 Å². The summed E-state index contributed by atoms with van der Waals surface area (Å²) in [4.78, 5) is 10.7. The molecule has 0 fully saturated rings. The molecule has 0 aliphatic rings. The molecule has 2 N–H and O–H groups in total. The second kappa shape index (κ2) is 5.68. The smallest absolute Gasteiger partial charge is 0.335 e. The predicted molar refractivity (Wildman–Crippen MR) is 69.7 cm³/mol. The minimum Gasteiger partial charge on any atom is -0.478 e. The van der Waals surface area contributed by atoms with Crippen molar-refractivity contribution in [2.75, 3.05) is 13.7 Å². The van der Waals surface area contributed by atoms with Crippen LogP contribution in [0.15, 0.2) is 29.2 Å². The Morgan fingerprint density at radius 1 is 1.32 bits per heavy atom. The Morgan fingerprint density at radius 2 is 1.84 bits per heavy atom. The van der Waals surface area contributed by atoms with Gasteiger partial charge in [-0.3, -0.25) is 0 Å². The van der Waals surface area contributed by atoms with Gasteiger partial charge in [-0.15, -0.1) is 0 Å². The minimum absolute atomic E-state index is 0.0154. The Hall–Kier alpha value is -1.44. The monoisotopic (exact) mass is 287 g/mol. The van der Waals surface area contributed by atoms with Gasteiger partial charge in [0.05, 0.1) is 22.6 Å². The van der Waals surface area contributed by atoms with E-state index in [0.717, 1.165) is 0 Å². The molecule has 0 aromatic heterocycles. The van der Waals surface area contributed by atoms with Crippen LogP contribution in [0.2, 0.25) is 0 Å². The largest absolute Gasteiger partial charge is 0.478 e. The predicted octanol–water partition coefficient (Wildman–Crippen LogP) is 1.09. The molecule has 0 heterocycles. The Balaban J connectivity index is 2.98. The highest BCUT2D eigenvalue weighted by Gasteiger charge is 2.26. The van der Waals surface area contributed by atoms with Crippen LogP contribution in [-0.4, -0.2) is 38.7 Å². The van der Waals surface area contributed by atoms with Crippen molar-refractivity contribution < 1.29 is 23.1 Å². The molecular weight excluding hydrogens is 270 g/mol. The maximum atomic E-state index is 12.1. The van der Waals surface area contributed by atoms with Gasteiger partial charge in [0, 0.05) is 7.11 Å². The summed E-state index contributed by atoms with van der Waals surface area (Å²) in [5.74, 6) is -1.10. The van der Waals surface area contributed by atoms with Crippen molar-refractivity contribution in [3.8, 4) is 0 Å². The minimum atomic E-state index is -3.71. The Morgan fingerprint density at radius 3 is 2.26 bits per heavy atom. The Labute approximate surface area is 112 Å². The van der Waals surface area contributed by atoms with E-state index in [1.165, 1.54) is 31.4 Å². The molecule has 19 heavy (non-hydrogen) atoms. The van der Waals surface area contributed by atoms with E-state index in [9.17, 15) is 13.2 Å². The lowest BCUT2D eigenvalue weighted by Gasteiger charge is -2.24. The third-order valence-electron chi connectivity index (χ3n) is 2.33. The van der Waals surface area contributed by atoms with Gasteiger partial charge in [-0.2, -0.15) is 0 Å². The van der Waals surface area contributed by atoms with Gasteiger partial charge in [-0.25, -0.2) is 17.9 Å². The second-order valence-corrected chi connectivity index (χ2v) is 6.43. The third kappa shape index (κ3) is 4.30. The summed E-state index contributed by atoms with van der Waals surface area (Å²) >= 11 is 0. The molecule has 106 valence electrons. The number of ether oxygens (including phenoxy) is 1. The molecule has 0 spiro atoms. The summed E-state index contributed by atoms with van der Waals surface area (Å²) < 4.78 is 31.6. The average Bonchev–Trinajstić information content (AvgIpc) is 2.27. The highest BCUT2D eigenvalue weighted by Crippen LogP contribution is 2.14. The van der Waals surface area contributed by atoms with Crippen LogP contribution in [0.3, 0.4) is 0 Å². The molecule has 0 aliphatic carbocycles. The third-order valence-corrected chi connectivity index (χ3v) is 4.04. The number of carbonyl (C=O) groups is 1. The summed E-state index contributed by atoms with van der Waals surface area (Å²) in [7, 11) is -2.22. The summed E-state index contributed by atoms with van der Waals surface area (Å²) in [6.45, 7) is 3.61. The number of rotatable bonds is 6. The molecule has 7 heteroatoms. The van der Waals surface area contributed by atoms with Crippen LogP contribution in [0.1, 0.15) is 24.2 Å². The van der Waals surface area contributed by atoms with Crippen molar-refractivity contribution in [3.05, 3.63) is 29.8 Å².